The highest BCUT2D eigenvalue weighted by Crippen LogP contribution is 2.25. The molecule has 0 radical (unpaired) electrons. The van der Waals surface area contributed by atoms with Gasteiger partial charge in [-0.3, -0.25) is 9.69 Å². The topological polar surface area (TPSA) is 93.0 Å². The van der Waals surface area contributed by atoms with Crippen molar-refractivity contribution in [3.8, 4) is 0 Å². The van der Waals surface area contributed by atoms with Crippen LogP contribution in [-0.4, -0.2) is 70.1 Å². The zero-order chi connectivity index (χ0) is 13.7. The quantitative estimate of drug-likeness (QED) is 0.476. The van der Waals surface area contributed by atoms with Crippen LogP contribution in [0.2, 0.25) is 0 Å². The number of aliphatic hydroxyl groups excluding tert-OH is 3. The Balaban J connectivity index is 2.71. The van der Waals surface area contributed by atoms with E-state index in [0.717, 1.165) is 12.8 Å². The van der Waals surface area contributed by atoms with Crippen LogP contribution in [0.15, 0.2) is 0 Å². The molecule has 1 aliphatic rings. The number of aliphatic hydroxyl groups is 3. The molecule has 0 bridgehead atoms. The summed E-state index contributed by atoms with van der Waals surface area (Å²) >= 11 is 0. The highest BCUT2D eigenvalue weighted by atomic mass is 16.3. The van der Waals surface area contributed by atoms with Crippen molar-refractivity contribution >= 4 is 5.91 Å². The SMILES string of the molecule is CCCCN1C(CNC(C)=O)[C@@H](O)[C@H](O)[C@H]1CO. The van der Waals surface area contributed by atoms with E-state index < -0.39 is 18.2 Å². The molecule has 4 atom stereocenters. The van der Waals surface area contributed by atoms with Gasteiger partial charge in [-0.25, -0.2) is 0 Å². The van der Waals surface area contributed by atoms with E-state index in [2.05, 4.69) is 12.2 Å². The van der Waals surface area contributed by atoms with Crippen molar-refractivity contribution in [1.29, 1.82) is 0 Å². The first-order valence-electron chi connectivity index (χ1n) is 6.50. The molecule has 0 aromatic rings. The first-order valence-corrected chi connectivity index (χ1v) is 6.50. The largest absolute Gasteiger partial charge is 0.395 e. The zero-order valence-corrected chi connectivity index (χ0v) is 11.0. The van der Waals surface area contributed by atoms with Crippen LogP contribution in [0.5, 0.6) is 0 Å². The van der Waals surface area contributed by atoms with Crippen molar-refractivity contribution in [1.82, 2.24) is 10.2 Å². The van der Waals surface area contributed by atoms with E-state index in [1.807, 2.05) is 4.90 Å². The number of nitrogens with one attached hydrogen (secondary N) is 1. The van der Waals surface area contributed by atoms with Crippen LogP contribution in [0.3, 0.4) is 0 Å². The average molecular weight is 260 g/mol. The summed E-state index contributed by atoms with van der Waals surface area (Å²) in [4.78, 5) is 12.8. The molecular weight excluding hydrogens is 236 g/mol. The number of carbonyl (C=O) groups excluding carboxylic acids is 1. The van der Waals surface area contributed by atoms with Crippen LogP contribution in [0.1, 0.15) is 26.7 Å². The molecule has 1 saturated heterocycles. The van der Waals surface area contributed by atoms with Gasteiger partial charge in [0.25, 0.3) is 0 Å². The molecule has 1 unspecified atom stereocenters. The van der Waals surface area contributed by atoms with E-state index in [-0.39, 0.29) is 25.1 Å². The Kier molecular flexibility index (Phi) is 6.01. The Morgan fingerprint density at radius 3 is 2.39 bits per heavy atom. The van der Waals surface area contributed by atoms with E-state index in [4.69, 9.17) is 0 Å². The highest BCUT2D eigenvalue weighted by Gasteiger charge is 2.46. The maximum absolute atomic E-state index is 10.9. The fourth-order valence-electron chi connectivity index (χ4n) is 2.47. The number of hydrogen-bond donors (Lipinski definition) is 4. The second kappa shape index (κ2) is 7.04. The lowest BCUT2D eigenvalue weighted by Gasteiger charge is -2.29. The number of rotatable bonds is 6. The Hall–Kier alpha value is -0.690. The molecule has 6 nitrogen and oxygen atoms in total. The summed E-state index contributed by atoms with van der Waals surface area (Å²) < 4.78 is 0. The van der Waals surface area contributed by atoms with Gasteiger partial charge in [0.15, 0.2) is 0 Å². The Morgan fingerprint density at radius 2 is 1.89 bits per heavy atom. The van der Waals surface area contributed by atoms with Crippen LogP contribution >= 0.6 is 0 Å². The predicted molar refractivity (Wildman–Crippen MR) is 67.0 cm³/mol. The molecule has 0 spiro atoms. The van der Waals surface area contributed by atoms with Crippen molar-refractivity contribution in [3.63, 3.8) is 0 Å². The number of likely N-dealkylation sites (tertiary alicyclic amines) is 1. The molecule has 1 heterocycles. The minimum Gasteiger partial charge on any atom is -0.395 e. The van der Waals surface area contributed by atoms with Gasteiger partial charge in [0, 0.05) is 13.5 Å². The van der Waals surface area contributed by atoms with Crippen LogP contribution in [0, 0.1) is 0 Å². The lowest BCUT2D eigenvalue weighted by Crippen LogP contribution is -2.47. The van der Waals surface area contributed by atoms with Gasteiger partial charge in [-0.15, -0.1) is 0 Å². The van der Waals surface area contributed by atoms with Crippen molar-refractivity contribution < 1.29 is 20.1 Å². The molecule has 0 aromatic heterocycles. The Labute approximate surface area is 108 Å². The second-order valence-corrected chi connectivity index (χ2v) is 4.83. The monoisotopic (exact) mass is 260 g/mol. The number of hydrogen-bond acceptors (Lipinski definition) is 5. The van der Waals surface area contributed by atoms with Gasteiger partial charge in [-0.05, 0) is 13.0 Å². The van der Waals surface area contributed by atoms with Crippen molar-refractivity contribution in [2.75, 3.05) is 19.7 Å². The van der Waals surface area contributed by atoms with Crippen molar-refractivity contribution in [3.05, 3.63) is 0 Å². The lowest BCUT2D eigenvalue weighted by atomic mass is 10.1. The smallest absolute Gasteiger partial charge is 0.216 e. The summed E-state index contributed by atoms with van der Waals surface area (Å²) in [6.07, 6.45) is 0.0108. The first kappa shape index (κ1) is 15.4. The van der Waals surface area contributed by atoms with Gasteiger partial charge in [0.2, 0.25) is 5.91 Å². The fraction of sp³-hybridized carbons (Fsp3) is 0.917. The highest BCUT2D eigenvalue weighted by molar-refractivity contribution is 5.72. The number of nitrogens with zero attached hydrogens (tertiary/aromatic N) is 1. The molecule has 0 aliphatic carbocycles. The maximum Gasteiger partial charge on any atom is 0.216 e. The first-order chi connectivity index (χ1) is 8.52. The maximum atomic E-state index is 10.9. The third kappa shape index (κ3) is 3.41. The molecule has 6 heteroatoms. The zero-order valence-electron chi connectivity index (χ0n) is 11.0. The van der Waals surface area contributed by atoms with Crippen molar-refractivity contribution in [2.45, 2.75) is 51.0 Å². The Bertz CT molecular complexity index is 275. The van der Waals surface area contributed by atoms with E-state index in [9.17, 15) is 20.1 Å². The summed E-state index contributed by atoms with van der Waals surface area (Å²) in [5.74, 6) is -0.167. The molecule has 4 N–H and O–H groups in total. The molecule has 1 rings (SSSR count). The van der Waals surface area contributed by atoms with Crippen LogP contribution < -0.4 is 5.32 Å². The number of unbranched alkanes of at least 4 members (excludes halogenated alkanes) is 1. The van der Waals surface area contributed by atoms with Gasteiger partial charge in [-0.1, -0.05) is 13.3 Å². The van der Waals surface area contributed by atoms with E-state index in [1.165, 1.54) is 6.92 Å². The summed E-state index contributed by atoms with van der Waals surface area (Å²) in [6.45, 7) is 4.25. The fourth-order valence-corrected chi connectivity index (χ4v) is 2.47. The lowest BCUT2D eigenvalue weighted by molar-refractivity contribution is -0.119. The van der Waals surface area contributed by atoms with Gasteiger partial charge >= 0.3 is 0 Å². The second-order valence-electron chi connectivity index (χ2n) is 4.83. The number of carbonyl (C=O) groups is 1. The molecule has 1 amide bonds. The third-order valence-corrected chi connectivity index (χ3v) is 3.51. The standard InChI is InChI=1S/C12H24N2O4/c1-3-4-5-14-9(6-13-8(2)16)11(17)12(18)10(14)7-15/h9-12,15,17-18H,3-7H2,1-2H3,(H,13,16)/t9?,10-,11-,12-/m1/s1. The van der Waals surface area contributed by atoms with E-state index in [1.54, 1.807) is 0 Å². The molecule has 106 valence electrons. The molecular formula is C12H24N2O4. The Morgan fingerprint density at radius 1 is 1.28 bits per heavy atom. The summed E-state index contributed by atoms with van der Waals surface area (Å²) in [5, 5.41) is 31.9. The van der Waals surface area contributed by atoms with Crippen molar-refractivity contribution in [2.24, 2.45) is 0 Å². The molecule has 18 heavy (non-hydrogen) atoms. The minimum absolute atomic E-state index is 0.167. The predicted octanol–water partition coefficient (Wildman–Crippen LogP) is -1.31. The van der Waals surface area contributed by atoms with Crippen LogP contribution in [0.25, 0.3) is 0 Å². The van der Waals surface area contributed by atoms with Gasteiger partial charge < -0.3 is 20.6 Å². The average Bonchev–Trinajstić information content (AvgIpc) is 2.56. The van der Waals surface area contributed by atoms with E-state index in [0.29, 0.717) is 6.54 Å². The van der Waals surface area contributed by atoms with Gasteiger partial charge in [-0.2, -0.15) is 0 Å². The van der Waals surface area contributed by atoms with Crippen LogP contribution in [0.4, 0.5) is 0 Å². The minimum atomic E-state index is -0.967. The molecule has 0 aromatic carbocycles. The molecule has 1 fully saturated rings. The van der Waals surface area contributed by atoms with Gasteiger partial charge in [0.05, 0.1) is 30.9 Å². The third-order valence-electron chi connectivity index (χ3n) is 3.51. The number of amides is 1. The summed E-state index contributed by atoms with van der Waals surface area (Å²) in [7, 11) is 0. The molecule has 1 aliphatic heterocycles. The normalized spacial score (nSPS) is 32.7. The van der Waals surface area contributed by atoms with Crippen LogP contribution in [-0.2, 0) is 4.79 Å². The van der Waals surface area contributed by atoms with E-state index >= 15 is 0 Å². The summed E-state index contributed by atoms with van der Waals surface area (Å²) in [5.41, 5.74) is 0. The van der Waals surface area contributed by atoms with Gasteiger partial charge in [0.1, 0.15) is 0 Å². The summed E-state index contributed by atoms with van der Waals surface area (Å²) in [6, 6.07) is -0.794. The molecule has 0 saturated carbocycles.